The Hall–Kier alpha value is -1.60. The molecule has 0 spiro atoms. The molecule has 0 bridgehead atoms. The van der Waals surface area contributed by atoms with Gasteiger partial charge in [-0.2, -0.15) is 0 Å². The van der Waals surface area contributed by atoms with Crippen LogP contribution in [0.3, 0.4) is 0 Å². The molecule has 6 nitrogen and oxygen atoms in total. The zero-order valence-corrected chi connectivity index (χ0v) is 13.6. The average Bonchev–Trinajstić information content (AvgIpc) is 2.51. The minimum absolute atomic E-state index is 0.0883. The van der Waals surface area contributed by atoms with Crippen molar-refractivity contribution >= 4 is 16.0 Å². The van der Waals surface area contributed by atoms with Gasteiger partial charge in [0.1, 0.15) is 0 Å². The largest absolute Gasteiger partial charge is 0.355 e. The number of hydrogen-bond donors (Lipinski definition) is 3. The first-order valence-corrected chi connectivity index (χ1v) is 8.63. The fraction of sp³-hybridized carbons (Fsp3) is 0.500. The quantitative estimate of drug-likeness (QED) is 0.396. The van der Waals surface area contributed by atoms with E-state index >= 15 is 0 Å². The molecule has 21 heavy (non-hydrogen) atoms. The van der Waals surface area contributed by atoms with Crippen molar-refractivity contribution in [1.29, 1.82) is 0 Å². The van der Waals surface area contributed by atoms with Gasteiger partial charge >= 0.3 is 0 Å². The summed E-state index contributed by atoms with van der Waals surface area (Å²) in [6.07, 6.45) is 0. The van der Waals surface area contributed by atoms with Gasteiger partial charge in [0, 0.05) is 20.1 Å². The molecule has 1 unspecified atom stereocenters. The van der Waals surface area contributed by atoms with Gasteiger partial charge in [-0.1, -0.05) is 30.3 Å². The van der Waals surface area contributed by atoms with Crippen LogP contribution in [-0.2, 0) is 10.0 Å². The van der Waals surface area contributed by atoms with E-state index in [1.165, 1.54) is 0 Å². The molecule has 1 aromatic rings. The maximum atomic E-state index is 11.3. The zero-order valence-electron chi connectivity index (χ0n) is 12.8. The Labute approximate surface area is 127 Å². The van der Waals surface area contributed by atoms with Gasteiger partial charge < -0.3 is 10.6 Å². The van der Waals surface area contributed by atoms with Gasteiger partial charge in [0.15, 0.2) is 5.96 Å². The smallest absolute Gasteiger partial charge is 0.211 e. The highest BCUT2D eigenvalue weighted by molar-refractivity contribution is 7.89. The van der Waals surface area contributed by atoms with Gasteiger partial charge in [0.05, 0.1) is 11.8 Å². The van der Waals surface area contributed by atoms with Crippen molar-refractivity contribution in [2.24, 2.45) is 4.99 Å². The van der Waals surface area contributed by atoms with Gasteiger partial charge in [-0.3, -0.25) is 4.99 Å². The van der Waals surface area contributed by atoms with Gasteiger partial charge in [-0.05, 0) is 19.4 Å². The summed E-state index contributed by atoms with van der Waals surface area (Å²) < 4.78 is 25.1. The van der Waals surface area contributed by atoms with Crippen molar-refractivity contribution in [2.75, 3.05) is 25.9 Å². The molecule has 0 amide bonds. The second-order valence-electron chi connectivity index (χ2n) is 4.57. The molecule has 1 atom stereocenters. The first-order chi connectivity index (χ1) is 9.98. The molecule has 0 radical (unpaired) electrons. The molecule has 0 aromatic heterocycles. The third-order valence-electron chi connectivity index (χ3n) is 3.00. The van der Waals surface area contributed by atoms with Crippen LogP contribution >= 0.6 is 0 Å². The molecule has 0 fully saturated rings. The summed E-state index contributed by atoms with van der Waals surface area (Å²) in [6.45, 7) is 4.46. The highest BCUT2D eigenvalue weighted by Gasteiger charge is 2.08. The lowest BCUT2D eigenvalue weighted by Gasteiger charge is -2.18. The van der Waals surface area contributed by atoms with Crippen LogP contribution in [0.25, 0.3) is 0 Å². The second kappa shape index (κ2) is 8.63. The third kappa shape index (κ3) is 6.59. The minimum atomic E-state index is -3.14. The van der Waals surface area contributed by atoms with E-state index in [0.29, 0.717) is 19.0 Å². The van der Waals surface area contributed by atoms with Crippen molar-refractivity contribution in [2.45, 2.75) is 19.9 Å². The topological polar surface area (TPSA) is 82.6 Å². The van der Waals surface area contributed by atoms with Crippen LogP contribution in [0.15, 0.2) is 35.3 Å². The van der Waals surface area contributed by atoms with Crippen LogP contribution in [0.5, 0.6) is 0 Å². The van der Waals surface area contributed by atoms with E-state index < -0.39 is 10.0 Å². The molecule has 3 N–H and O–H groups in total. The summed E-state index contributed by atoms with van der Waals surface area (Å²) in [5.74, 6) is 0.729. The van der Waals surface area contributed by atoms with E-state index in [1.54, 1.807) is 14.0 Å². The summed E-state index contributed by atoms with van der Waals surface area (Å²) in [5.41, 5.74) is 1.16. The van der Waals surface area contributed by atoms with Crippen molar-refractivity contribution in [3.05, 3.63) is 35.9 Å². The van der Waals surface area contributed by atoms with E-state index in [2.05, 4.69) is 20.3 Å². The van der Waals surface area contributed by atoms with Gasteiger partial charge in [0.2, 0.25) is 10.0 Å². The van der Waals surface area contributed by atoms with E-state index in [9.17, 15) is 8.42 Å². The summed E-state index contributed by atoms with van der Waals surface area (Å²) in [6, 6.07) is 10.2. The van der Waals surface area contributed by atoms with Crippen LogP contribution in [-0.4, -0.2) is 40.3 Å². The van der Waals surface area contributed by atoms with Crippen LogP contribution in [0, 0.1) is 0 Å². The predicted molar refractivity (Wildman–Crippen MR) is 86.8 cm³/mol. The van der Waals surface area contributed by atoms with E-state index in [-0.39, 0.29) is 11.8 Å². The summed E-state index contributed by atoms with van der Waals surface area (Å²) in [5, 5.41) is 6.33. The number of guanidine groups is 1. The first-order valence-electron chi connectivity index (χ1n) is 6.98. The van der Waals surface area contributed by atoms with Crippen LogP contribution in [0.1, 0.15) is 25.5 Å². The van der Waals surface area contributed by atoms with Crippen molar-refractivity contribution in [3.63, 3.8) is 0 Å². The molecule has 1 aromatic carbocycles. The number of benzene rings is 1. The minimum Gasteiger partial charge on any atom is -0.355 e. The molecule has 0 aliphatic heterocycles. The Balaban J connectivity index is 2.39. The Morgan fingerprint density at radius 2 is 1.90 bits per heavy atom. The number of nitrogens with one attached hydrogen (secondary N) is 3. The number of sulfonamides is 1. The Bertz CT molecular complexity index is 543. The Kier molecular flexibility index (Phi) is 7.18. The van der Waals surface area contributed by atoms with Gasteiger partial charge in [-0.15, -0.1) is 0 Å². The maximum Gasteiger partial charge on any atom is 0.211 e. The fourth-order valence-corrected chi connectivity index (χ4v) is 2.33. The monoisotopic (exact) mass is 312 g/mol. The molecule has 0 heterocycles. The van der Waals surface area contributed by atoms with Gasteiger partial charge in [-0.25, -0.2) is 13.1 Å². The molecular weight excluding hydrogens is 288 g/mol. The number of nitrogens with zero attached hydrogens (tertiary/aromatic N) is 1. The van der Waals surface area contributed by atoms with Crippen molar-refractivity contribution in [1.82, 2.24) is 15.4 Å². The Morgan fingerprint density at radius 3 is 2.48 bits per heavy atom. The first kappa shape index (κ1) is 17.5. The zero-order chi connectivity index (χ0) is 15.7. The summed E-state index contributed by atoms with van der Waals surface area (Å²) in [7, 11) is -1.46. The predicted octanol–water partition coefficient (Wildman–Crippen LogP) is 0.852. The normalized spacial score (nSPS) is 13.8. The highest BCUT2D eigenvalue weighted by Crippen LogP contribution is 2.10. The van der Waals surface area contributed by atoms with Crippen molar-refractivity contribution < 1.29 is 8.42 Å². The molecular formula is C14H24N4O2S. The number of aliphatic imine (C=N–C) groups is 1. The third-order valence-corrected chi connectivity index (χ3v) is 4.40. The second-order valence-corrected chi connectivity index (χ2v) is 6.67. The van der Waals surface area contributed by atoms with Crippen LogP contribution in [0.4, 0.5) is 0 Å². The van der Waals surface area contributed by atoms with E-state index in [0.717, 1.165) is 5.56 Å². The fourth-order valence-electron chi connectivity index (χ4n) is 1.71. The lowest BCUT2D eigenvalue weighted by Crippen LogP contribution is -2.42. The van der Waals surface area contributed by atoms with Crippen LogP contribution in [0.2, 0.25) is 0 Å². The average molecular weight is 312 g/mol. The Morgan fingerprint density at radius 1 is 1.24 bits per heavy atom. The van der Waals surface area contributed by atoms with Crippen LogP contribution < -0.4 is 15.4 Å². The summed E-state index contributed by atoms with van der Waals surface area (Å²) in [4.78, 5) is 4.12. The number of rotatable bonds is 7. The standard InChI is InChI=1S/C14H24N4O2S/c1-4-21(19,20)17-11-10-16-14(15-3)18-12(2)13-8-6-5-7-9-13/h5-9,12,17H,4,10-11H2,1-3H3,(H2,15,16,18). The molecule has 0 aliphatic carbocycles. The SMILES string of the molecule is CCS(=O)(=O)NCCNC(=NC)NC(C)c1ccccc1. The molecule has 118 valence electrons. The molecule has 7 heteroatoms. The van der Waals surface area contributed by atoms with Gasteiger partial charge in [0.25, 0.3) is 0 Å². The molecule has 0 saturated heterocycles. The molecule has 0 aliphatic rings. The lowest BCUT2D eigenvalue weighted by molar-refractivity contribution is 0.581. The van der Waals surface area contributed by atoms with E-state index in [4.69, 9.17) is 0 Å². The summed E-state index contributed by atoms with van der Waals surface area (Å²) >= 11 is 0. The van der Waals surface area contributed by atoms with E-state index in [1.807, 2.05) is 37.3 Å². The van der Waals surface area contributed by atoms with Crippen molar-refractivity contribution in [3.8, 4) is 0 Å². The number of hydrogen-bond acceptors (Lipinski definition) is 3. The molecule has 0 saturated carbocycles. The highest BCUT2D eigenvalue weighted by atomic mass is 32.2. The molecule has 1 rings (SSSR count). The lowest BCUT2D eigenvalue weighted by atomic mass is 10.1. The maximum absolute atomic E-state index is 11.3.